The van der Waals surface area contributed by atoms with Crippen LogP contribution in [-0.2, 0) is 27.7 Å². The first-order chi connectivity index (χ1) is 5.52. The van der Waals surface area contributed by atoms with Crippen molar-refractivity contribution in [2.75, 3.05) is 0 Å². The van der Waals surface area contributed by atoms with Gasteiger partial charge in [0.15, 0.2) is 0 Å². The molecular weight excluding hydrogens is 353 g/mol. The standard InChI is InChI=1S/C10H12O2.Hg/c1-6-4-7(2)9(10(11)12)8(3)5-6;/h4-5H,1-3H3,(H,11,12);/q;+1/p-1. The number of carbonyl (C=O) groups excluding carboxylic acids is 1. The second-order valence-electron chi connectivity index (χ2n) is 3.06. The largest absolute Gasteiger partial charge is 1.00 e. The summed E-state index contributed by atoms with van der Waals surface area (Å²) in [6.45, 7) is 5.51. The maximum absolute atomic E-state index is 10.6. The Bertz CT molecular complexity index is 309. The monoisotopic (exact) mass is 365 g/mol. The van der Waals surface area contributed by atoms with Crippen LogP contribution in [0.4, 0.5) is 0 Å². The van der Waals surface area contributed by atoms with Crippen molar-refractivity contribution in [3.05, 3.63) is 34.4 Å². The minimum atomic E-state index is -1.09. The molecule has 0 spiro atoms. The van der Waals surface area contributed by atoms with Gasteiger partial charge in [-0.25, -0.2) is 0 Å². The molecule has 2 nitrogen and oxygen atoms in total. The molecule has 0 N–H and O–H groups in total. The van der Waals surface area contributed by atoms with Gasteiger partial charge in [0, 0.05) is 5.56 Å². The second kappa shape index (κ2) is 4.75. The molecule has 0 heterocycles. The number of carboxylic acids is 1. The molecule has 1 radical (unpaired) electrons. The summed E-state index contributed by atoms with van der Waals surface area (Å²) in [5.41, 5.74) is 2.94. The minimum absolute atomic E-state index is 0. The number of hydrogen-bond acceptors (Lipinski definition) is 2. The van der Waals surface area contributed by atoms with Crippen molar-refractivity contribution in [1.82, 2.24) is 0 Å². The Kier molecular flexibility index (Phi) is 4.61. The van der Waals surface area contributed by atoms with Crippen molar-refractivity contribution in [3.8, 4) is 0 Å². The van der Waals surface area contributed by atoms with E-state index in [1.807, 2.05) is 19.1 Å². The van der Waals surface area contributed by atoms with E-state index in [2.05, 4.69) is 0 Å². The van der Waals surface area contributed by atoms with Gasteiger partial charge in [0.1, 0.15) is 0 Å². The number of benzene rings is 1. The van der Waals surface area contributed by atoms with Gasteiger partial charge in [-0.2, -0.15) is 0 Å². The molecule has 65 valence electrons. The third-order valence-electron chi connectivity index (χ3n) is 1.88. The van der Waals surface area contributed by atoms with Crippen LogP contribution in [-0.4, -0.2) is 5.97 Å². The van der Waals surface area contributed by atoms with Crippen LogP contribution in [0.15, 0.2) is 12.1 Å². The first kappa shape index (κ1) is 12.6. The van der Waals surface area contributed by atoms with Crippen molar-refractivity contribution >= 4 is 5.97 Å². The molecule has 0 aromatic heterocycles. The average Bonchev–Trinajstić information content (AvgIpc) is 1.82. The molecule has 0 saturated heterocycles. The van der Waals surface area contributed by atoms with Crippen LogP contribution in [0, 0.1) is 20.8 Å². The van der Waals surface area contributed by atoms with E-state index < -0.39 is 5.97 Å². The number of hydrogen-bond donors (Lipinski definition) is 0. The molecular formula is C10H11HgO2. The van der Waals surface area contributed by atoms with Crippen LogP contribution < -0.4 is 5.11 Å². The minimum Gasteiger partial charge on any atom is -0.545 e. The third-order valence-corrected chi connectivity index (χ3v) is 1.88. The summed E-state index contributed by atoms with van der Waals surface area (Å²) < 4.78 is 0. The molecule has 0 fully saturated rings. The SMILES string of the molecule is Cc1cc(C)c(C(=O)[O-])c(C)c1.[Hg+]. The van der Waals surface area contributed by atoms with Crippen LogP contribution in [0.3, 0.4) is 0 Å². The van der Waals surface area contributed by atoms with Gasteiger partial charge in [-0.05, 0) is 31.9 Å². The second-order valence-corrected chi connectivity index (χ2v) is 3.06. The van der Waals surface area contributed by atoms with Gasteiger partial charge >= 0.3 is 27.7 Å². The fourth-order valence-electron chi connectivity index (χ4n) is 1.50. The van der Waals surface area contributed by atoms with E-state index in [9.17, 15) is 9.90 Å². The van der Waals surface area contributed by atoms with E-state index in [4.69, 9.17) is 0 Å². The number of rotatable bonds is 1. The number of aryl methyl sites for hydroxylation is 3. The molecule has 0 amide bonds. The molecule has 1 aromatic carbocycles. The van der Waals surface area contributed by atoms with Crippen molar-refractivity contribution in [2.45, 2.75) is 20.8 Å². The molecule has 1 aromatic rings. The topological polar surface area (TPSA) is 40.1 Å². The van der Waals surface area contributed by atoms with Gasteiger partial charge in [-0.15, -0.1) is 0 Å². The van der Waals surface area contributed by atoms with Gasteiger partial charge in [-0.3, -0.25) is 0 Å². The van der Waals surface area contributed by atoms with Gasteiger partial charge in [0.05, 0.1) is 5.97 Å². The van der Waals surface area contributed by atoms with Gasteiger partial charge in [-0.1, -0.05) is 17.7 Å². The summed E-state index contributed by atoms with van der Waals surface area (Å²) in [4.78, 5) is 10.6. The first-order valence-corrected chi connectivity index (χ1v) is 3.81. The smallest absolute Gasteiger partial charge is 0.545 e. The van der Waals surface area contributed by atoms with Gasteiger partial charge < -0.3 is 9.90 Å². The van der Waals surface area contributed by atoms with Crippen molar-refractivity contribution < 1.29 is 37.6 Å². The molecule has 0 saturated carbocycles. The van der Waals surface area contributed by atoms with E-state index in [1.165, 1.54) is 0 Å². The molecule has 1 rings (SSSR count). The zero-order chi connectivity index (χ0) is 9.30. The summed E-state index contributed by atoms with van der Waals surface area (Å²) in [5, 5.41) is 10.6. The Hall–Kier alpha value is -0.375. The van der Waals surface area contributed by atoms with E-state index in [-0.39, 0.29) is 27.7 Å². The maximum atomic E-state index is 10.6. The van der Waals surface area contributed by atoms with Crippen molar-refractivity contribution in [3.63, 3.8) is 0 Å². The molecule has 0 atom stereocenters. The molecule has 0 bridgehead atoms. The average molecular weight is 364 g/mol. The van der Waals surface area contributed by atoms with Gasteiger partial charge in [0.2, 0.25) is 0 Å². The molecule has 0 aliphatic heterocycles. The Morgan fingerprint density at radius 2 is 1.54 bits per heavy atom. The Morgan fingerprint density at radius 3 is 1.85 bits per heavy atom. The molecule has 0 aliphatic rings. The van der Waals surface area contributed by atoms with E-state index in [1.54, 1.807) is 13.8 Å². The Balaban J connectivity index is 0.00000144. The summed E-state index contributed by atoms with van der Waals surface area (Å²) in [7, 11) is 0. The van der Waals surface area contributed by atoms with Crippen LogP contribution in [0.1, 0.15) is 27.0 Å². The number of carbonyl (C=O) groups is 1. The summed E-state index contributed by atoms with van der Waals surface area (Å²) in [5.74, 6) is -1.09. The van der Waals surface area contributed by atoms with Crippen LogP contribution in [0.5, 0.6) is 0 Å². The predicted octanol–water partition coefficient (Wildman–Crippen LogP) is 0.973. The van der Waals surface area contributed by atoms with Crippen molar-refractivity contribution in [1.29, 1.82) is 0 Å². The molecule has 0 aliphatic carbocycles. The van der Waals surface area contributed by atoms with E-state index >= 15 is 0 Å². The van der Waals surface area contributed by atoms with Gasteiger partial charge in [0.25, 0.3) is 0 Å². The maximum Gasteiger partial charge on any atom is 1.00 e. The summed E-state index contributed by atoms with van der Waals surface area (Å²) in [6, 6.07) is 3.69. The van der Waals surface area contributed by atoms with Crippen LogP contribution >= 0.6 is 0 Å². The molecule has 0 unspecified atom stereocenters. The normalized spacial score (nSPS) is 9.15. The van der Waals surface area contributed by atoms with Crippen LogP contribution in [0.2, 0.25) is 0 Å². The Morgan fingerprint density at radius 1 is 1.15 bits per heavy atom. The molecule has 13 heavy (non-hydrogen) atoms. The number of carboxylic acid groups (broad SMARTS) is 1. The summed E-state index contributed by atoms with van der Waals surface area (Å²) >= 11 is 0. The molecule has 3 heteroatoms. The predicted molar refractivity (Wildman–Crippen MR) is 45.0 cm³/mol. The summed E-state index contributed by atoms with van der Waals surface area (Å²) in [6.07, 6.45) is 0. The van der Waals surface area contributed by atoms with E-state index in [0.717, 1.165) is 16.7 Å². The first-order valence-electron chi connectivity index (χ1n) is 3.81. The van der Waals surface area contributed by atoms with Crippen LogP contribution in [0.25, 0.3) is 0 Å². The third kappa shape index (κ3) is 2.80. The Labute approximate surface area is 98.5 Å². The number of aromatic carboxylic acids is 1. The fraction of sp³-hybridized carbons (Fsp3) is 0.300. The fourth-order valence-corrected chi connectivity index (χ4v) is 1.50. The quantitative estimate of drug-likeness (QED) is 0.698. The zero-order valence-electron chi connectivity index (χ0n) is 8.18. The zero-order valence-corrected chi connectivity index (χ0v) is 13.7. The van der Waals surface area contributed by atoms with E-state index in [0.29, 0.717) is 5.56 Å². The van der Waals surface area contributed by atoms with Crippen molar-refractivity contribution in [2.24, 2.45) is 0 Å².